The molecule has 13 nitrogen and oxygen atoms in total. The van der Waals surface area contributed by atoms with Gasteiger partial charge in [-0.15, -0.1) is 4.68 Å². The van der Waals surface area contributed by atoms with Crippen LogP contribution in [0.5, 0.6) is 11.5 Å². The van der Waals surface area contributed by atoms with Crippen molar-refractivity contribution >= 4 is 36.8 Å². The van der Waals surface area contributed by atoms with Crippen LogP contribution >= 0.6 is 31.0 Å². The fourth-order valence-corrected chi connectivity index (χ4v) is 3.68. The fourth-order valence-electron chi connectivity index (χ4n) is 2.86. The Balaban J connectivity index is 2.05. The number of nitrogens with zero attached hydrogens (tertiary/aromatic N) is 4. The van der Waals surface area contributed by atoms with Gasteiger partial charge in [0.15, 0.2) is 5.75 Å². The summed E-state index contributed by atoms with van der Waals surface area (Å²) in [5.74, 6) is -0.877. The lowest BCUT2D eigenvalue weighted by atomic mass is 10.1. The van der Waals surface area contributed by atoms with E-state index < -0.39 is 37.2 Å². The van der Waals surface area contributed by atoms with Crippen LogP contribution in [0.15, 0.2) is 38.8 Å². The highest BCUT2D eigenvalue weighted by atomic mass is 35.5. The van der Waals surface area contributed by atoms with Gasteiger partial charge in [-0.3, -0.25) is 23.7 Å². The minimum Gasteiger partial charge on any atom is -0.453 e. The molecule has 0 bridgehead atoms. The largest absolute Gasteiger partial charge is 0.471 e. The average Bonchev–Trinajstić information content (AvgIpc) is 2.75. The van der Waals surface area contributed by atoms with Crippen molar-refractivity contribution in [2.24, 2.45) is 0 Å². The molecule has 0 aliphatic rings. The number of hydrogen-bond acceptors (Lipinski definition) is 7. The van der Waals surface area contributed by atoms with Crippen LogP contribution in [0.2, 0.25) is 10.0 Å². The van der Waals surface area contributed by atoms with Gasteiger partial charge in [0.2, 0.25) is 0 Å². The smallest absolute Gasteiger partial charge is 0.453 e. The van der Waals surface area contributed by atoms with Crippen LogP contribution < -0.4 is 21.5 Å². The van der Waals surface area contributed by atoms with Crippen molar-refractivity contribution in [1.82, 2.24) is 19.3 Å². The molecule has 35 heavy (non-hydrogen) atoms. The van der Waals surface area contributed by atoms with Crippen LogP contribution in [0, 0.1) is 6.57 Å². The molecule has 0 aliphatic heterocycles. The van der Waals surface area contributed by atoms with Crippen LogP contribution in [-0.2, 0) is 15.8 Å². The Morgan fingerprint density at radius 1 is 1.20 bits per heavy atom. The molecule has 1 aromatic carbocycles. The zero-order valence-corrected chi connectivity index (χ0v) is 20.3. The number of phosphoric ester groups is 1. The van der Waals surface area contributed by atoms with Gasteiger partial charge in [0, 0.05) is 5.56 Å². The summed E-state index contributed by atoms with van der Waals surface area (Å²) in [5, 5.41) is 3.50. The van der Waals surface area contributed by atoms with E-state index in [1.54, 1.807) is 13.8 Å². The second kappa shape index (κ2) is 10.2. The van der Waals surface area contributed by atoms with Crippen LogP contribution in [-0.4, -0.2) is 29.1 Å². The fraction of sp³-hybridized carbons (Fsp3) is 0.211. The summed E-state index contributed by atoms with van der Waals surface area (Å²) in [5.41, 5.74) is -2.13. The maximum atomic E-state index is 12.6. The summed E-state index contributed by atoms with van der Waals surface area (Å²) in [6.45, 7) is 9.70. The summed E-state index contributed by atoms with van der Waals surface area (Å²) in [4.78, 5) is 59.1. The normalized spacial score (nSPS) is 11.5. The van der Waals surface area contributed by atoms with Crippen LogP contribution in [0.25, 0.3) is 10.5 Å². The number of halogens is 2. The minimum absolute atomic E-state index is 0.0291. The monoisotopic (exact) mass is 543 g/mol. The van der Waals surface area contributed by atoms with E-state index in [1.165, 1.54) is 18.2 Å². The summed E-state index contributed by atoms with van der Waals surface area (Å²) >= 11 is 12.6. The first-order chi connectivity index (χ1) is 16.3. The summed E-state index contributed by atoms with van der Waals surface area (Å²) in [6, 6.07) is 3.91. The van der Waals surface area contributed by atoms with Crippen molar-refractivity contribution in [3.63, 3.8) is 0 Å². The van der Waals surface area contributed by atoms with E-state index in [-0.39, 0.29) is 38.7 Å². The highest BCUT2D eigenvalue weighted by molar-refractivity contribution is 7.46. The average molecular weight is 544 g/mol. The van der Waals surface area contributed by atoms with Gasteiger partial charge in [-0.25, -0.2) is 9.36 Å². The van der Waals surface area contributed by atoms with Crippen molar-refractivity contribution in [2.75, 3.05) is 0 Å². The topological polar surface area (TPSA) is 170 Å². The number of hydrogen-bond donors (Lipinski definition) is 3. The first-order valence-electron chi connectivity index (χ1n) is 9.53. The van der Waals surface area contributed by atoms with E-state index in [0.29, 0.717) is 0 Å². The molecule has 0 radical (unpaired) electrons. The molecule has 2 aromatic heterocycles. The van der Waals surface area contributed by atoms with Gasteiger partial charge in [0.25, 0.3) is 11.1 Å². The van der Waals surface area contributed by atoms with E-state index in [9.17, 15) is 18.9 Å². The Hall–Kier alpha value is -3.24. The van der Waals surface area contributed by atoms with Crippen molar-refractivity contribution < 1.29 is 23.6 Å². The molecular formula is C19H16Cl2N5O8P. The molecule has 0 atom stereocenters. The molecule has 0 saturated heterocycles. The molecule has 0 saturated carbocycles. The maximum absolute atomic E-state index is 12.6. The molecule has 184 valence electrons. The first-order valence-corrected chi connectivity index (χ1v) is 11.8. The molecule has 3 N–H and O–H groups in total. The first kappa shape index (κ1) is 26.4. The molecule has 0 unspecified atom stereocenters. The lowest BCUT2D eigenvalue weighted by molar-refractivity contribution is 0.150. The quantitative estimate of drug-likeness (QED) is 0.299. The van der Waals surface area contributed by atoms with Crippen LogP contribution in [0.4, 0.5) is 5.82 Å². The van der Waals surface area contributed by atoms with Crippen molar-refractivity contribution in [3.05, 3.63) is 82.6 Å². The van der Waals surface area contributed by atoms with Gasteiger partial charge in [-0.2, -0.15) is 0 Å². The van der Waals surface area contributed by atoms with Gasteiger partial charge in [-0.1, -0.05) is 43.6 Å². The molecule has 16 heteroatoms. The SMILES string of the molecule is [C-]#[N+]c1nn(-c2cc(Cl)c(Oc3cc(C(C)C)c(=O)n(COP(=O)(O)O)c3)c(Cl)c2)c(=O)[nH]c1=O. The Labute approximate surface area is 206 Å². The number of nitrogens with one attached hydrogen (secondary N) is 1. The third kappa shape index (κ3) is 6.07. The standard InChI is InChI=1S/C19H16Cl2N5O8P/c1-9(2)12-6-11(7-25(18(12)28)8-33-35(30,31)32)34-15-13(20)4-10(5-14(15)21)26-19(29)23-17(27)16(22-3)24-26/h4-7,9H,8H2,1-2H3,(H,23,27,29)(H2,30,31,32). The molecule has 3 aromatic rings. The number of benzene rings is 1. The zero-order chi connectivity index (χ0) is 26.1. The lowest BCUT2D eigenvalue weighted by Crippen LogP contribution is -2.30. The van der Waals surface area contributed by atoms with Crippen molar-refractivity contribution in [1.29, 1.82) is 0 Å². The Bertz CT molecular complexity index is 1540. The maximum Gasteiger partial charge on any atom is 0.471 e. The Kier molecular flexibility index (Phi) is 7.66. The van der Waals surface area contributed by atoms with Crippen molar-refractivity contribution in [3.8, 4) is 17.2 Å². The van der Waals surface area contributed by atoms with Crippen LogP contribution in [0.3, 0.4) is 0 Å². The van der Waals surface area contributed by atoms with Crippen molar-refractivity contribution in [2.45, 2.75) is 26.5 Å². The van der Waals surface area contributed by atoms with Crippen LogP contribution in [0.1, 0.15) is 25.3 Å². The van der Waals surface area contributed by atoms with Gasteiger partial charge >= 0.3 is 19.3 Å². The summed E-state index contributed by atoms with van der Waals surface area (Å²) in [6.07, 6.45) is 1.15. The van der Waals surface area contributed by atoms with E-state index in [1.807, 2.05) is 4.98 Å². The second-order valence-electron chi connectivity index (χ2n) is 7.26. The number of aromatic nitrogens is 4. The number of pyridine rings is 1. The summed E-state index contributed by atoms with van der Waals surface area (Å²) in [7, 11) is -4.85. The summed E-state index contributed by atoms with van der Waals surface area (Å²) < 4.78 is 22.9. The minimum atomic E-state index is -4.85. The highest BCUT2D eigenvalue weighted by Gasteiger charge is 2.20. The predicted octanol–water partition coefficient (Wildman–Crippen LogP) is 2.92. The van der Waals surface area contributed by atoms with E-state index in [2.05, 4.69) is 14.5 Å². The zero-order valence-electron chi connectivity index (χ0n) is 17.9. The Morgan fingerprint density at radius 3 is 2.37 bits per heavy atom. The van der Waals surface area contributed by atoms with Gasteiger partial charge in [0.05, 0.1) is 21.9 Å². The third-order valence-electron chi connectivity index (χ3n) is 4.44. The molecule has 3 rings (SSSR count). The van der Waals surface area contributed by atoms with E-state index in [4.69, 9.17) is 44.3 Å². The Morgan fingerprint density at radius 2 is 1.83 bits per heavy atom. The predicted molar refractivity (Wildman–Crippen MR) is 125 cm³/mol. The molecule has 2 heterocycles. The second-order valence-corrected chi connectivity index (χ2v) is 9.31. The van der Waals surface area contributed by atoms with E-state index >= 15 is 0 Å². The number of ether oxygens (including phenoxy) is 1. The number of aromatic amines is 1. The number of H-pyrrole nitrogens is 1. The third-order valence-corrected chi connectivity index (χ3v) is 5.45. The number of rotatable bonds is 7. The van der Waals surface area contributed by atoms with Gasteiger partial charge < -0.3 is 19.4 Å². The molecule has 0 spiro atoms. The highest BCUT2D eigenvalue weighted by Crippen LogP contribution is 2.39. The van der Waals surface area contributed by atoms with Gasteiger partial charge in [0.1, 0.15) is 12.5 Å². The molecule has 0 fully saturated rings. The lowest BCUT2D eigenvalue weighted by Gasteiger charge is -2.16. The molecule has 0 aliphatic carbocycles. The van der Waals surface area contributed by atoms with E-state index in [0.717, 1.165) is 15.4 Å². The molecule has 0 amide bonds. The number of phosphoric acid groups is 1. The van der Waals surface area contributed by atoms with Gasteiger partial charge in [-0.05, 0) is 29.2 Å². The molecular weight excluding hydrogens is 528 g/mol.